The van der Waals surface area contributed by atoms with Gasteiger partial charge in [-0.1, -0.05) is 30.4 Å². The maximum absolute atomic E-state index is 13.0. The molecular weight excluding hydrogens is 567 g/mol. The number of ether oxygens (including phenoxy) is 1. The zero-order valence-corrected chi connectivity index (χ0v) is 21.2. The number of alkyl halides is 3. The molecule has 0 amide bonds. The molecule has 1 aromatic rings. The number of halogens is 3. The van der Waals surface area contributed by atoms with Gasteiger partial charge >= 0.3 is 12.1 Å². The molecule has 5 atom stereocenters. The number of carbonyl (C=O) groups is 1. The lowest BCUT2D eigenvalue weighted by Gasteiger charge is -2.22. The number of aliphatic carboxylic acids is 1. The van der Waals surface area contributed by atoms with E-state index in [2.05, 4.69) is 4.84 Å². The first kappa shape index (κ1) is 32.6. The first-order chi connectivity index (χ1) is 19.3. The largest absolute Gasteiger partial charge is 0.491 e. The van der Waals surface area contributed by atoms with Crippen molar-refractivity contribution in [3.05, 3.63) is 84.5 Å². The Kier molecular flexibility index (Phi) is 12.1. The predicted octanol–water partition coefficient (Wildman–Crippen LogP) is 4.21. The number of nitrogens with zero attached hydrogens (tertiary/aromatic N) is 3. The van der Waals surface area contributed by atoms with Gasteiger partial charge in [-0.25, -0.2) is 0 Å². The summed E-state index contributed by atoms with van der Waals surface area (Å²) in [6, 6.07) is 3.75. The second kappa shape index (κ2) is 15.2. The summed E-state index contributed by atoms with van der Waals surface area (Å²) in [5.74, 6) is -2.99. The van der Waals surface area contributed by atoms with Gasteiger partial charge in [0.1, 0.15) is 24.6 Å². The highest BCUT2D eigenvalue weighted by Crippen LogP contribution is 2.40. The van der Waals surface area contributed by atoms with E-state index in [1.807, 2.05) is 0 Å². The number of unbranched alkanes of at least 4 members (excludes halogenated alkanes) is 1. The second-order valence-electron chi connectivity index (χ2n) is 8.79. The van der Waals surface area contributed by atoms with Gasteiger partial charge in [0.25, 0.3) is 15.3 Å². The lowest BCUT2D eigenvalue weighted by Crippen LogP contribution is -2.27. The molecule has 1 unspecified atom stereocenters. The average molecular weight is 593 g/mol. The van der Waals surface area contributed by atoms with E-state index >= 15 is 0 Å². The van der Waals surface area contributed by atoms with E-state index in [-0.39, 0.29) is 25.0 Å². The van der Waals surface area contributed by atoms with Crippen LogP contribution < -0.4 is 4.74 Å². The Balaban J connectivity index is 2.25. The maximum Gasteiger partial charge on any atom is 0.416 e. The smallest absolute Gasteiger partial charge is 0.416 e. The molecule has 0 radical (unpaired) electrons. The third kappa shape index (κ3) is 11.6. The van der Waals surface area contributed by atoms with Gasteiger partial charge < -0.3 is 24.4 Å². The summed E-state index contributed by atoms with van der Waals surface area (Å²) in [5.41, 5.74) is -1.02. The molecule has 2 rings (SSSR count). The number of hydrogen-bond acceptors (Lipinski definition) is 11. The van der Waals surface area contributed by atoms with Crippen molar-refractivity contribution < 1.29 is 57.6 Å². The Hall–Kier alpha value is -4.64. The summed E-state index contributed by atoms with van der Waals surface area (Å²) >= 11 is 0. The minimum Gasteiger partial charge on any atom is -0.491 e. The molecule has 1 saturated carbocycles. The van der Waals surface area contributed by atoms with Gasteiger partial charge in [0.05, 0.1) is 5.56 Å². The SMILES string of the molecule is O=C(O)CCCC=CC[C@@H]1[C@@H](C=CC(COc2cccc(C(F)(F)F)c2)O[N+](=O)[O-])[C@H](O[N+](=O)[O-])C[C@@H]1O[N+](=O)[O-]. The van der Waals surface area contributed by atoms with Crippen LogP contribution in [0.5, 0.6) is 5.75 Å². The Bertz CT molecular complexity index is 1130. The quantitative estimate of drug-likeness (QED) is 0.117. The van der Waals surface area contributed by atoms with Crippen molar-refractivity contribution in [1.82, 2.24) is 0 Å². The van der Waals surface area contributed by atoms with Crippen molar-refractivity contribution in [1.29, 1.82) is 0 Å². The molecular formula is C23H26F3N3O12. The van der Waals surface area contributed by atoms with Crippen LogP contribution in [0.4, 0.5) is 13.2 Å². The van der Waals surface area contributed by atoms with E-state index in [1.54, 1.807) is 12.2 Å². The molecule has 1 N–H and O–H groups in total. The monoisotopic (exact) mass is 593 g/mol. The van der Waals surface area contributed by atoms with E-state index in [0.717, 1.165) is 18.2 Å². The van der Waals surface area contributed by atoms with E-state index in [4.69, 9.17) is 19.5 Å². The zero-order valence-electron chi connectivity index (χ0n) is 21.2. The normalized spacial score (nSPS) is 21.4. The molecule has 1 fully saturated rings. The summed E-state index contributed by atoms with van der Waals surface area (Å²) in [4.78, 5) is 57.7. The number of hydrogen-bond donors (Lipinski definition) is 1. The third-order valence-electron chi connectivity index (χ3n) is 5.99. The van der Waals surface area contributed by atoms with Crippen LogP contribution in [0.25, 0.3) is 0 Å². The predicted molar refractivity (Wildman–Crippen MR) is 129 cm³/mol. The van der Waals surface area contributed by atoms with Crippen LogP contribution in [0.2, 0.25) is 0 Å². The first-order valence-corrected chi connectivity index (χ1v) is 12.0. The number of rotatable bonds is 17. The van der Waals surface area contributed by atoms with E-state index < -0.39 is 69.7 Å². The molecule has 0 heterocycles. The zero-order chi connectivity index (χ0) is 30.6. The molecule has 0 spiro atoms. The lowest BCUT2D eigenvalue weighted by atomic mass is 9.89. The van der Waals surface area contributed by atoms with Crippen molar-refractivity contribution >= 4 is 5.97 Å². The van der Waals surface area contributed by atoms with Gasteiger partial charge in [-0.15, -0.1) is 30.3 Å². The van der Waals surface area contributed by atoms with Gasteiger partial charge in [-0.3, -0.25) is 4.79 Å². The summed E-state index contributed by atoms with van der Waals surface area (Å²) in [7, 11) is 0. The summed E-state index contributed by atoms with van der Waals surface area (Å²) in [6.07, 6.45) is -2.56. The number of benzene rings is 1. The van der Waals surface area contributed by atoms with Crippen molar-refractivity contribution in [2.75, 3.05) is 6.61 Å². The molecule has 1 aromatic carbocycles. The van der Waals surface area contributed by atoms with Crippen LogP contribution in [0, 0.1) is 42.2 Å². The molecule has 0 aromatic heterocycles. The second-order valence-corrected chi connectivity index (χ2v) is 8.79. The first-order valence-electron chi connectivity index (χ1n) is 12.0. The topological polar surface area (TPSA) is 204 Å². The summed E-state index contributed by atoms with van der Waals surface area (Å²) in [5, 5.41) is 38.5. The van der Waals surface area contributed by atoms with Crippen molar-refractivity contribution in [2.24, 2.45) is 11.8 Å². The van der Waals surface area contributed by atoms with Crippen LogP contribution >= 0.6 is 0 Å². The van der Waals surface area contributed by atoms with Crippen LogP contribution in [0.3, 0.4) is 0 Å². The fourth-order valence-corrected chi connectivity index (χ4v) is 4.28. The lowest BCUT2D eigenvalue weighted by molar-refractivity contribution is -0.776. The van der Waals surface area contributed by atoms with Crippen molar-refractivity contribution in [3.63, 3.8) is 0 Å². The Morgan fingerprint density at radius 2 is 1.76 bits per heavy atom. The minimum atomic E-state index is -4.66. The highest BCUT2D eigenvalue weighted by atomic mass is 19.4. The van der Waals surface area contributed by atoms with E-state index in [1.165, 1.54) is 12.1 Å². The molecule has 226 valence electrons. The van der Waals surface area contributed by atoms with Gasteiger partial charge in [0.15, 0.2) is 6.10 Å². The highest BCUT2D eigenvalue weighted by Gasteiger charge is 2.45. The van der Waals surface area contributed by atoms with Crippen LogP contribution in [0.1, 0.15) is 37.7 Å². The Morgan fingerprint density at radius 3 is 2.37 bits per heavy atom. The number of allylic oxidation sites excluding steroid dienone is 2. The Labute approximate surface area is 229 Å². The van der Waals surface area contributed by atoms with Crippen molar-refractivity contribution in [3.8, 4) is 5.75 Å². The fourth-order valence-electron chi connectivity index (χ4n) is 4.28. The van der Waals surface area contributed by atoms with Gasteiger partial charge in [-0.05, 0) is 43.4 Å². The fraction of sp³-hybridized carbons (Fsp3) is 0.522. The van der Waals surface area contributed by atoms with E-state index in [0.29, 0.717) is 18.9 Å². The van der Waals surface area contributed by atoms with Gasteiger partial charge in [0, 0.05) is 18.8 Å². The van der Waals surface area contributed by atoms with Gasteiger partial charge in [-0.2, -0.15) is 13.2 Å². The Morgan fingerprint density at radius 1 is 1.07 bits per heavy atom. The molecule has 41 heavy (non-hydrogen) atoms. The third-order valence-corrected chi connectivity index (χ3v) is 5.99. The molecule has 1 aliphatic rings. The highest BCUT2D eigenvalue weighted by molar-refractivity contribution is 5.66. The summed E-state index contributed by atoms with van der Waals surface area (Å²) in [6.45, 7) is -0.630. The minimum absolute atomic E-state index is 0.0780. The molecule has 0 bridgehead atoms. The standard InChI is InChI=1S/C23H26F3N3O12/c24-23(25,26)15-6-5-7-16(12-15)38-14-17(39-27(32)33)10-11-19-18(8-3-1-2-4-9-22(30)31)20(40-28(34)35)13-21(19)41-29(36)37/h1,3,5-7,10-12,17-21H,2,4,8-9,13-14H2,(H,30,31)/t17?,18-,19-,20+,21-/m1/s1. The number of carboxylic acids is 1. The maximum atomic E-state index is 13.0. The average Bonchev–Trinajstić information content (AvgIpc) is 3.16. The number of carboxylic acid groups (broad SMARTS) is 1. The van der Waals surface area contributed by atoms with Crippen LogP contribution in [-0.4, -0.2) is 51.3 Å². The molecule has 18 heteroatoms. The summed E-state index contributed by atoms with van der Waals surface area (Å²) < 4.78 is 44.1. The van der Waals surface area contributed by atoms with Crippen LogP contribution in [0.15, 0.2) is 48.6 Å². The van der Waals surface area contributed by atoms with E-state index in [9.17, 15) is 48.3 Å². The van der Waals surface area contributed by atoms with Gasteiger partial charge in [0.2, 0.25) is 0 Å². The van der Waals surface area contributed by atoms with Crippen LogP contribution in [-0.2, 0) is 25.5 Å². The molecule has 1 aliphatic carbocycles. The molecule has 15 nitrogen and oxygen atoms in total. The van der Waals surface area contributed by atoms with Crippen molar-refractivity contribution in [2.45, 2.75) is 56.6 Å². The molecule has 0 saturated heterocycles. The molecule has 0 aliphatic heterocycles.